The van der Waals surface area contributed by atoms with Crippen LogP contribution in [0.25, 0.3) is 11.2 Å². The molecule has 1 saturated carbocycles. The molecule has 2 aromatic heterocycles. The number of nitrogens with two attached hydrogens (primary N) is 1. The van der Waals surface area contributed by atoms with Crippen molar-refractivity contribution in [3.05, 3.63) is 35.0 Å². The molecule has 0 bridgehead atoms. The molecule has 3 heterocycles. The summed E-state index contributed by atoms with van der Waals surface area (Å²) in [7, 11) is 0. The molecule has 2 fully saturated rings. The smallest absolute Gasteiger partial charge is 0.225 e. The minimum Gasteiger partial charge on any atom is -0.378 e. The maximum atomic E-state index is 14.6. The molecule has 13 heteroatoms. The van der Waals surface area contributed by atoms with Gasteiger partial charge >= 0.3 is 0 Å². The van der Waals surface area contributed by atoms with E-state index in [0.717, 1.165) is 12.1 Å². The molecule has 192 valence electrons. The Morgan fingerprint density at radius 1 is 1.14 bits per heavy atom. The molecule has 2 atom stereocenters. The Morgan fingerprint density at radius 3 is 2.53 bits per heavy atom. The Morgan fingerprint density at radius 2 is 1.86 bits per heavy atom. The number of benzene rings is 1. The van der Waals surface area contributed by atoms with Gasteiger partial charge in [-0.1, -0.05) is 11.6 Å². The molecule has 0 radical (unpaired) electrons. The number of rotatable bonds is 6. The number of hydrogen-bond donors (Lipinski definition) is 3. The molecule has 1 saturated heterocycles. The van der Waals surface area contributed by atoms with Crippen LogP contribution in [0.2, 0.25) is 5.02 Å². The topological polar surface area (TPSA) is 120 Å². The molecule has 0 unspecified atom stereocenters. The van der Waals surface area contributed by atoms with Crippen molar-refractivity contribution in [2.24, 2.45) is 11.7 Å². The van der Waals surface area contributed by atoms with E-state index in [1.54, 1.807) is 4.57 Å². The number of nitrogens with one attached hydrogen (secondary N) is 2. The summed E-state index contributed by atoms with van der Waals surface area (Å²) in [5.74, 6) is -1.97. The Labute approximate surface area is 209 Å². The van der Waals surface area contributed by atoms with E-state index >= 15 is 0 Å². The van der Waals surface area contributed by atoms with Crippen molar-refractivity contribution in [1.29, 1.82) is 0 Å². The number of halogens is 4. The first-order valence-electron chi connectivity index (χ1n) is 11.7. The number of primary amides is 1. The highest BCUT2D eigenvalue weighted by atomic mass is 35.5. The number of carbonyl (C=O) groups is 1. The second kappa shape index (κ2) is 10.1. The number of hydrogen-bond acceptors (Lipinski definition) is 7. The number of alkyl halides is 1. The second-order valence-corrected chi connectivity index (χ2v) is 9.55. The summed E-state index contributed by atoms with van der Waals surface area (Å²) in [4.78, 5) is 25.0. The molecule has 3 aromatic rings. The van der Waals surface area contributed by atoms with Crippen molar-refractivity contribution < 1.29 is 22.7 Å². The molecule has 9 nitrogen and oxygen atoms in total. The van der Waals surface area contributed by atoms with Gasteiger partial charge in [0, 0.05) is 23.6 Å². The summed E-state index contributed by atoms with van der Waals surface area (Å²) in [5, 5.41) is 5.70. The number of nitrogens with zero attached hydrogens (tertiary/aromatic N) is 4. The van der Waals surface area contributed by atoms with Gasteiger partial charge in [0.1, 0.15) is 17.4 Å². The fourth-order valence-electron chi connectivity index (χ4n) is 4.82. The first-order valence-corrected chi connectivity index (χ1v) is 12.1. The summed E-state index contributed by atoms with van der Waals surface area (Å²) in [5.41, 5.74) is 5.88. The van der Waals surface area contributed by atoms with Gasteiger partial charge in [-0.05, 0) is 44.2 Å². The monoisotopic (exact) mass is 523 g/mol. The number of anilines is 3. The SMILES string of the molecule is NC(=O)[C@H]1CC[C@H](n2c(Nc3c(F)cc(Cl)cc3F)nc3cnc(N[C@H]4CCOC[C@H]4F)nc32)CC1. The van der Waals surface area contributed by atoms with Crippen LogP contribution >= 0.6 is 11.6 Å². The first kappa shape index (κ1) is 24.6. The average molecular weight is 524 g/mol. The van der Waals surface area contributed by atoms with Crippen molar-refractivity contribution in [1.82, 2.24) is 19.5 Å². The highest BCUT2D eigenvalue weighted by molar-refractivity contribution is 6.30. The van der Waals surface area contributed by atoms with Gasteiger partial charge in [0.05, 0.1) is 18.8 Å². The quantitative estimate of drug-likeness (QED) is 0.441. The Hall–Kier alpha value is -3.12. The summed E-state index contributed by atoms with van der Waals surface area (Å²) in [6.07, 6.45) is 3.01. The van der Waals surface area contributed by atoms with Crippen LogP contribution in [-0.4, -0.2) is 50.9 Å². The van der Waals surface area contributed by atoms with Crippen LogP contribution in [-0.2, 0) is 9.53 Å². The molecule has 5 rings (SSSR count). The molecule has 2 aliphatic rings. The van der Waals surface area contributed by atoms with Gasteiger partial charge in [-0.25, -0.2) is 23.1 Å². The zero-order valence-electron chi connectivity index (χ0n) is 19.2. The lowest BCUT2D eigenvalue weighted by Gasteiger charge is -2.29. The number of carbonyl (C=O) groups excluding carboxylic acids is 1. The second-order valence-electron chi connectivity index (χ2n) is 9.12. The first-order chi connectivity index (χ1) is 17.3. The third-order valence-electron chi connectivity index (χ3n) is 6.74. The molecule has 36 heavy (non-hydrogen) atoms. The predicted octanol–water partition coefficient (Wildman–Crippen LogP) is 4.26. The Bertz CT molecular complexity index is 1260. The van der Waals surface area contributed by atoms with Gasteiger partial charge in [0.15, 0.2) is 17.3 Å². The van der Waals surface area contributed by atoms with Crippen LogP contribution in [0.5, 0.6) is 0 Å². The lowest BCUT2D eigenvalue weighted by Crippen LogP contribution is -2.39. The van der Waals surface area contributed by atoms with E-state index in [9.17, 15) is 18.0 Å². The van der Waals surface area contributed by atoms with Gasteiger partial charge in [0.25, 0.3) is 0 Å². The standard InChI is InChI=1S/C23H25ClF3N7O2/c24-12-7-14(25)19(15(26)8-12)32-23-31-18-9-29-22(30-17-5-6-36-10-16(17)27)33-21(18)34(23)13-3-1-11(2-4-13)20(28)35/h7-9,11,13,16-17H,1-6,10H2,(H2,28,35)(H,31,32)(H,29,30,33)/t11-,13-,16-,17+/m1/s1. The third-order valence-corrected chi connectivity index (χ3v) is 6.96. The number of aromatic nitrogens is 4. The maximum Gasteiger partial charge on any atom is 0.225 e. The Balaban J connectivity index is 1.53. The van der Waals surface area contributed by atoms with Crippen LogP contribution in [0.15, 0.2) is 18.3 Å². The third kappa shape index (κ3) is 4.92. The molecule has 1 aromatic carbocycles. The van der Waals surface area contributed by atoms with E-state index in [4.69, 9.17) is 22.1 Å². The van der Waals surface area contributed by atoms with Crippen molar-refractivity contribution in [3.63, 3.8) is 0 Å². The number of fused-ring (bicyclic) bond motifs is 1. The molecule has 1 aliphatic carbocycles. The van der Waals surface area contributed by atoms with Gasteiger partial charge < -0.3 is 21.1 Å². The highest BCUT2D eigenvalue weighted by Gasteiger charge is 2.30. The fourth-order valence-corrected chi connectivity index (χ4v) is 5.01. The summed E-state index contributed by atoms with van der Waals surface area (Å²) in [6, 6.07) is 1.32. The van der Waals surface area contributed by atoms with Crippen LogP contribution in [0.3, 0.4) is 0 Å². The van der Waals surface area contributed by atoms with E-state index in [1.807, 2.05) is 0 Å². The average Bonchev–Trinajstić information content (AvgIpc) is 3.20. The highest BCUT2D eigenvalue weighted by Crippen LogP contribution is 2.37. The van der Waals surface area contributed by atoms with Crippen molar-refractivity contribution in [3.8, 4) is 0 Å². The zero-order valence-corrected chi connectivity index (χ0v) is 19.9. The maximum absolute atomic E-state index is 14.6. The van der Waals surface area contributed by atoms with Crippen LogP contribution in [0.1, 0.15) is 38.1 Å². The van der Waals surface area contributed by atoms with Crippen LogP contribution < -0.4 is 16.4 Å². The van der Waals surface area contributed by atoms with Crippen LogP contribution in [0, 0.1) is 17.6 Å². The van der Waals surface area contributed by atoms with Crippen molar-refractivity contribution >= 4 is 46.3 Å². The van der Waals surface area contributed by atoms with Crippen LogP contribution in [0.4, 0.5) is 30.8 Å². The number of ether oxygens (including phenoxy) is 1. The number of imidazole rings is 1. The van der Waals surface area contributed by atoms with E-state index in [0.29, 0.717) is 49.9 Å². The number of amides is 1. The van der Waals surface area contributed by atoms with Gasteiger partial charge in [0.2, 0.25) is 17.8 Å². The van der Waals surface area contributed by atoms with E-state index < -0.39 is 29.5 Å². The van der Waals surface area contributed by atoms with Gasteiger partial charge in [-0.15, -0.1) is 0 Å². The van der Waals surface area contributed by atoms with Gasteiger partial charge in [-0.2, -0.15) is 4.98 Å². The molecule has 1 aliphatic heterocycles. The largest absolute Gasteiger partial charge is 0.378 e. The lowest BCUT2D eigenvalue weighted by molar-refractivity contribution is -0.122. The molecular formula is C23H25ClF3N7O2. The van der Waals surface area contributed by atoms with E-state index in [2.05, 4.69) is 25.6 Å². The summed E-state index contributed by atoms with van der Waals surface area (Å²) >= 11 is 5.76. The molecular weight excluding hydrogens is 499 g/mol. The Kier molecular flexibility index (Phi) is 6.89. The summed E-state index contributed by atoms with van der Waals surface area (Å²) in [6.45, 7) is 0.418. The molecule has 4 N–H and O–H groups in total. The molecule has 1 amide bonds. The lowest BCUT2D eigenvalue weighted by atomic mass is 9.85. The van der Waals surface area contributed by atoms with Gasteiger partial charge in [-0.3, -0.25) is 9.36 Å². The minimum atomic E-state index is -1.21. The molecule has 0 spiro atoms. The van der Waals surface area contributed by atoms with Crippen molar-refractivity contribution in [2.75, 3.05) is 23.8 Å². The van der Waals surface area contributed by atoms with E-state index in [-0.39, 0.29) is 41.4 Å². The summed E-state index contributed by atoms with van der Waals surface area (Å²) < 4.78 is 50.3. The fraction of sp³-hybridized carbons (Fsp3) is 0.478. The van der Waals surface area contributed by atoms with E-state index in [1.165, 1.54) is 6.20 Å². The van der Waals surface area contributed by atoms with Crippen molar-refractivity contribution in [2.45, 2.75) is 50.4 Å². The minimum absolute atomic E-state index is 0.00671. The predicted molar refractivity (Wildman–Crippen MR) is 128 cm³/mol. The normalized spacial score (nSPS) is 24.6. The zero-order chi connectivity index (χ0) is 25.4.